The Labute approximate surface area is 102 Å². The SMILES string of the molecule is CCN1CCCCC(CN)C1c1cncs1. The maximum absolute atomic E-state index is 5.94. The van der Waals surface area contributed by atoms with Crippen molar-refractivity contribution in [2.45, 2.75) is 32.2 Å². The topological polar surface area (TPSA) is 42.1 Å². The van der Waals surface area contributed by atoms with Crippen molar-refractivity contribution in [2.75, 3.05) is 19.6 Å². The van der Waals surface area contributed by atoms with Gasteiger partial charge in [-0.2, -0.15) is 0 Å². The van der Waals surface area contributed by atoms with Crippen LogP contribution in [0.3, 0.4) is 0 Å². The molecule has 0 aliphatic carbocycles. The smallest absolute Gasteiger partial charge is 0.0794 e. The number of likely N-dealkylation sites (tertiary alicyclic amines) is 1. The highest BCUT2D eigenvalue weighted by Gasteiger charge is 2.30. The molecule has 1 aliphatic rings. The van der Waals surface area contributed by atoms with Crippen molar-refractivity contribution in [1.82, 2.24) is 9.88 Å². The van der Waals surface area contributed by atoms with E-state index in [0.29, 0.717) is 12.0 Å². The lowest BCUT2D eigenvalue weighted by Gasteiger charge is -2.32. The Morgan fingerprint density at radius 1 is 1.56 bits per heavy atom. The van der Waals surface area contributed by atoms with Crippen LogP contribution in [0.4, 0.5) is 0 Å². The summed E-state index contributed by atoms with van der Waals surface area (Å²) in [6.45, 7) is 5.35. The normalized spacial score (nSPS) is 27.9. The lowest BCUT2D eigenvalue weighted by atomic mass is 9.94. The average molecular weight is 239 g/mol. The molecular formula is C12H21N3S. The number of hydrogen-bond donors (Lipinski definition) is 1. The van der Waals surface area contributed by atoms with Crippen LogP contribution >= 0.6 is 11.3 Å². The van der Waals surface area contributed by atoms with Crippen molar-refractivity contribution >= 4 is 11.3 Å². The van der Waals surface area contributed by atoms with Gasteiger partial charge in [-0.05, 0) is 38.4 Å². The molecule has 1 fully saturated rings. The zero-order valence-corrected chi connectivity index (χ0v) is 10.7. The van der Waals surface area contributed by atoms with Crippen molar-refractivity contribution < 1.29 is 0 Å². The Bertz CT molecular complexity index is 285. The predicted molar refractivity (Wildman–Crippen MR) is 68.5 cm³/mol. The first-order valence-corrected chi connectivity index (χ1v) is 7.07. The van der Waals surface area contributed by atoms with Crippen LogP contribution in [0.5, 0.6) is 0 Å². The maximum Gasteiger partial charge on any atom is 0.0794 e. The molecule has 2 atom stereocenters. The first-order valence-electron chi connectivity index (χ1n) is 6.19. The Kier molecular flexibility index (Phi) is 4.32. The van der Waals surface area contributed by atoms with Gasteiger partial charge >= 0.3 is 0 Å². The Morgan fingerprint density at radius 3 is 3.06 bits per heavy atom. The third-order valence-corrected chi connectivity index (χ3v) is 4.41. The lowest BCUT2D eigenvalue weighted by Crippen LogP contribution is -2.35. The summed E-state index contributed by atoms with van der Waals surface area (Å²) in [5.74, 6) is 0.600. The van der Waals surface area contributed by atoms with E-state index >= 15 is 0 Å². The zero-order chi connectivity index (χ0) is 11.4. The van der Waals surface area contributed by atoms with Crippen LogP contribution in [0, 0.1) is 5.92 Å². The van der Waals surface area contributed by atoms with E-state index in [1.807, 2.05) is 11.7 Å². The summed E-state index contributed by atoms with van der Waals surface area (Å²) in [5.41, 5.74) is 7.88. The van der Waals surface area contributed by atoms with Gasteiger partial charge in [-0.3, -0.25) is 9.88 Å². The molecular weight excluding hydrogens is 218 g/mol. The van der Waals surface area contributed by atoms with Crippen molar-refractivity contribution in [3.63, 3.8) is 0 Å². The minimum atomic E-state index is 0.505. The van der Waals surface area contributed by atoms with Gasteiger partial charge in [-0.15, -0.1) is 11.3 Å². The molecule has 0 bridgehead atoms. The third kappa shape index (κ3) is 2.44. The van der Waals surface area contributed by atoms with Crippen LogP contribution in [0.25, 0.3) is 0 Å². The van der Waals surface area contributed by atoms with Crippen LogP contribution in [-0.2, 0) is 0 Å². The molecule has 0 amide bonds. The Hall–Kier alpha value is -0.450. The van der Waals surface area contributed by atoms with E-state index in [2.05, 4.69) is 16.8 Å². The van der Waals surface area contributed by atoms with E-state index in [4.69, 9.17) is 5.73 Å². The molecule has 1 aromatic rings. The molecule has 16 heavy (non-hydrogen) atoms. The summed E-state index contributed by atoms with van der Waals surface area (Å²) in [6, 6.07) is 0.505. The van der Waals surface area contributed by atoms with Gasteiger partial charge < -0.3 is 5.73 Å². The summed E-state index contributed by atoms with van der Waals surface area (Å²) < 4.78 is 0. The van der Waals surface area contributed by atoms with Crippen LogP contribution in [0.2, 0.25) is 0 Å². The van der Waals surface area contributed by atoms with Gasteiger partial charge in [-0.25, -0.2) is 0 Å². The van der Waals surface area contributed by atoms with Gasteiger partial charge in [0.25, 0.3) is 0 Å². The van der Waals surface area contributed by atoms with Crippen LogP contribution < -0.4 is 5.73 Å². The highest BCUT2D eigenvalue weighted by Crippen LogP contribution is 2.35. The highest BCUT2D eigenvalue weighted by atomic mass is 32.1. The largest absolute Gasteiger partial charge is 0.330 e. The summed E-state index contributed by atoms with van der Waals surface area (Å²) in [7, 11) is 0. The van der Waals surface area contributed by atoms with Gasteiger partial charge in [0.15, 0.2) is 0 Å². The Morgan fingerprint density at radius 2 is 2.44 bits per heavy atom. The fourth-order valence-corrected chi connectivity index (χ4v) is 3.55. The first-order chi connectivity index (χ1) is 7.86. The maximum atomic E-state index is 5.94. The molecule has 4 heteroatoms. The molecule has 2 heterocycles. The molecule has 0 radical (unpaired) electrons. The minimum Gasteiger partial charge on any atom is -0.330 e. The molecule has 0 saturated carbocycles. The van der Waals surface area contributed by atoms with Crippen molar-refractivity contribution in [1.29, 1.82) is 0 Å². The van der Waals surface area contributed by atoms with Gasteiger partial charge in [0, 0.05) is 17.1 Å². The summed E-state index contributed by atoms with van der Waals surface area (Å²) in [4.78, 5) is 8.17. The molecule has 2 N–H and O–H groups in total. The van der Waals surface area contributed by atoms with E-state index in [1.54, 1.807) is 11.3 Å². The number of hydrogen-bond acceptors (Lipinski definition) is 4. The molecule has 3 nitrogen and oxygen atoms in total. The summed E-state index contributed by atoms with van der Waals surface area (Å²) >= 11 is 1.77. The second-order valence-corrected chi connectivity index (χ2v) is 5.39. The van der Waals surface area contributed by atoms with Gasteiger partial charge in [0.1, 0.15) is 0 Å². The van der Waals surface area contributed by atoms with E-state index in [0.717, 1.165) is 13.1 Å². The predicted octanol–water partition coefficient (Wildman–Crippen LogP) is 2.26. The monoisotopic (exact) mass is 239 g/mol. The molecule has 0 aromatic carbocycles. The standard InChI is InChI=1S/C12H21N3S/c1-2-15-6-4-3-5-10(7-13)12(15)11-8-14-9-16-11/h8-10,12H,2-7,13H2,1H3. The van der Waals surface area contributed by atoms with E-state index < -0.39 is 0 Å². The van der Waals surface area contributed by atoms with E-state index in [-0.39, 0.29) is 0 Å². The van der Waals surface area contributed by atoms with Crippen molar-refractivity contribution in [3.05, 3.63) is 16.6 Å². The van der Waals surface area contributed by atoms with Gasteiger partial charge in [0.2, 0.25) is 0 Å². The quantitative estimate of drug-likeness (QED) is 0.880. The summed E-state index contributed by atoms with van der Waals surface area (Å²) in [5, 5.41) is 0. The van der Waals surface area contributed by atoms with Crippen molar-refractivity contribution in [3.8, 4) is 0 Å². The molecule has 90 valence electrons. The third-order valence-electron chi connectivity index (χ3n) is 3.56. The lowest BCUT2D eigenvalue weighted by molar-refractivity contribution is 0.169. The Balaban J connectivity index is 2.24. The first kappa shape index (κ1) is 12.0. The molecule has 1 saturated heterocycles. The fourth-order valence-electron chi connectivity index (χ4n) is 2.70. The van der Waals surface area contributed by atoms with Gasteiger partial charge in [-0.1, -0.05) is 13.3 Å². The summed E-state index contributed by atoms with van der Waals surface area (Å²) in [6.07, 6.45) is 5.90. The molecule has 2 unspecified atom stereocenters. The van der Waals surface area contributed by atoms with Crippen LogP contribution in [0.15, 0.2) is 11.7 Å². The fraction of sp³-hybridized carbons (Fsp3) is 0.750. The molecule has 0 spiro atoms. The molecule has 1 aliphatic heterocycles. The van der Waals surface area contributed by atoms with Crippen molar-refractivity contribution in [2.24, 2.45) is 11.7 Å². The minimum absolute atomic E-state index is 0.505. The molecule has 1 aromatic heterocycles. The number of nitrogens with zero attached hydrogens (tertiary/aromatic N) is 2. The molecule has 2 rings (SSSR count). The highest BCUT2D eigenvalue weighted by molar-refractivity contribution is 7.09. The average Bonchev–Trinajstić information content (AvgIpc) is 2.75. The van der Waals surface area contributed by atoms with E-state index in [9.17, 15) is 0 Å². The van der Waals surface area contributed by atoms with Crippen LogP contribution in [-0.4, -0.2) is 29.5 Å². The van der Waals surface area contributed by atoms with Crippen LogP contribution in [0.1, 0.15) is 37.1 Å². The number of thiazole rings is 1. The zero-order valence-electron chi connectivity index (χ0n) is 9.93. The second-order valence-electron chi connectivity index (χ2n) is 4.47. The number of rotatable bonds is 3. The number of nitrogens with two attached hydrogens (primary N) is 1. The van der Waals surface area contributed by atoms with Gasteiger partial charge in [0.05, 0.1) is 5.51 Å². The second kappa shape index (κ2) is 5.75. The number of aromatic nitrogens is 1. The van der Waals surface area contributed by atoms with E-state index in [1.165, 1.54) is 30.7 Å².